The van der Waals surface area contributed by atoms with Gasteiger partial charge in [0.15, 0.2) is 0 Å². The minimum absolute atomic E-state index is 0.0177. The van der Waals surface area contributed by atoms with Gasteiger partial charge >= 0.3 is 0 Å². The molecule has 0 aliphatic carbocycles. The Bertz CT molecular complexity index is 436. The minimum Gasteiger partial charge on any atom is -0.384 e. The maximum Gasteiger partial charge on any atom is 0.124 e. The topological polar surface area (TPSA) is 53.1 Å². The van der Waals surface area contributed by atoms with Crippen LogP contribution in [0.1, 0.15) is 12.5 Å². The Balaban J connectivity index is 2.22. The van der Waals surface area contributed by atoms with Crippen molar-refractivity contribution < 1.29 is 0 Å². The Hall–Kier alpha value is -0.870. The number of halogens is 1. The summed E-state index contributed by atoms with van der Waals surface area (Å²) in [7, 11) is 0. The highest BCUT2D eigenvalue weighted by atomic mass is 35.5. The molecule has 0 aromatic heterocycles. The average molecular weight is 270 g/mol. The van der Waals surface area contributed by atoms with Crippen LogP contribution >= 0.6 is 23.4 Å². The number of hydrogen-bond donors (Lipinski definition) is 2. The highest BCUT2D eigenvalue weighted by Gasteiger charge is 2.17. The number of nitrogens with two attached hydrogens (primary N) is 1. The van der Waals surface area contributed by atoms with E-state index in [2.05, 4.69) is 11.8 Å². The van der Waals surface area contributed by atoms with Crippen LogP contribution in [0.5, 0.6) is 0 Å². The van der Waals surface area contributed by atoms with Crippen molar-refractivity contribution in [1.82, 2.24) is 0 Å². The highest BCUT2D eigenvalue weighted by molar-refractivity contribution is 8.00. The zero-order chi connectivity index (χ0) is 12.4. The average Bonchev–Trinajstić information content (AvgIpc) is 2.28. The molecule has 0 radical (unpaired) electrons. The lowest BCUT2D eigenvalue weighted by Gasteiger charge is -2.32. The van der Waals surface area contributed by atoms with E-state index in [9.17, 15) is 0 Å². The van der Waals surface area contributed by atoms with E-state index in [1.165, 1.54) is 0 Å². The molecule has 1 fully saturated rings. The summed E-state index contributed by atoms with van der Waals surface area (Å²) in [6, 6.07) is 5.72. The largest absolute Gasteiger partial charge is 0.384 e. The number of anilines is 1. The third kappa shape index (κ3) is 2.87. The number of benzene rings is 1. The van der Waals surface area contributed by atoms with Crippen molar-refractivity contribution in [2.75, 3.05) is 23.7 Å². The van der Waals surface area contributed by atoms with Crippen molar-refractivity contribution in [3.8, 4) is 0 Å². The van der Waals surface area contributed by atoms with Crippen LogP contribution in [-0.2, 0) is 0 Å². The van der Waals surface area contributed by atoms with Crippen LogP contribution in [-0.4, -0.2) is 29.9 Å². The van der Waals surface area contributed by atoms with Gasteiger partial charge in [-0.1, -0.05) is 18.5 Å². The fourth-order valence-corrected chi connectivity index (χ4v) is 3.26. The number of nitrogens with zero attached hydrogens (tertiary/aromatic N) is 1. The molecule has 17 heavy (non-hydrogen) atoms. The van der Waals surface area contributed by atoms with Crippen molar-refractivity contribution in [3.05, 3.63) is 28.8 Å². The fraction of sp³-hybridized carbons (Fsp3) is 0.417. The second kappa shape index (κ2) is 5.19. The standard InChI is InChI=1S/C12H16ClN3S/c1-8-7-16(4-5-17-8)9-2-3-10(12(14)15)11(13)6-9/h2-3,6,8H,4-5,7H2,1H3,(H3,14,15). The molecule has 5 heteroatoms. The molecule has 1 atom stereocenters. The van der Waals surface area contributed by atoms with Gasteiger partial charge in [0.1, 0.15) is 5.84 Å². The van der Waals surface area contributed by atoms with Gasteiger partial charge in [0, 0.05) is 35.3 Å². The molecule has 1 saturated heterocycles. The van der Waals surface area contributed by atoms with Crippen LogP contribution in [0.25, 0.3) is 0 Å². The second-order valence-electron chi connectivity index (χ2n) is 4.21. The van der Waals surface area contributed by atoms with E-state index in [1.807, 2.05) is 30.0 Å². The maximum absolute atomic E-state index is 7.40. The molecule has 1 aliphatic heterocycles. The van der Waals surface area contributed by atoms with Crippen LogP contribution in [0.3, 0.4) is 0 Å². The van der Waals surface area contributed by atoms with Crippen LogP contribution < -0.4 is 10.6 Å². The van der Waals surface area contributed by atoms with E-state index in [0.29, 0.717) is 15.8 Å². The molecule has 1 aliphatic rings. The Kier molecular flexibility index (Phi) is 3.84. The monoisotopic (exact) mass is 269 g/mol. The highest BCUT2D eigenvalue weighted by Crippen LogP contribution is 2.27. The molecule has 0 amide bonds. The summed E-state index contributed by atoms with van der Waals surface area (Å²) in [6.07, 6.45) is 0. The molecule has 0 spiro atoms. The van der Waals surface area contributed by atoms with Gasteiger partial charge in [-0.15, -0.1) is 0 Å². The Morgan fingerprint density at radius 2 is 2.35 bits per heavy atom. The molecule has 0 saturated carbocycles. The van der Waals surface area contributed by atoms with Gasteiger partial charge in [0.05, 0.1) is 5.02 Å². The predicted octanol–water partition coefficient (Wildman–Crippen LogP) is 2.57. The lowest BCUT2D eigenvalue weighted by atomic mass is 10.1. The first kappa shape index (κ1) is 12.6. The second-order valence-corrected chi connectivity index (χ2v) is 6.16. The summed E-state index contributed by atoms with van der Waals surface area (Å²) in [5.74, 6) is 1.16. The Labute approximate surface area is 111 Å². The SMILES string of the molecule is CC1CN(c2ccc(C(=N)N)c(Cl)c2)CCS1. The van der Waals surface area contributed by atoms with E-state index in [1.54, 1.807) is 0 Å². The summed E-state index contributed by atoms with van der Waals surface area (Å²) in [4.78, 5) is 2.33. The predicted molar refractivity (Wildman–Crippen MR) is 76.6 cm³/mol. The van der Waals surface area contributed by atoms with E-state index in [-0.39, 0.29) is 5.84 Å². The molecular weight excluding hydrogens is 254 g/mol. The first-order valence-electron chi connectivity index (χ1n) is 5.58. The summed E-state index contributed by atoms with van der Waals surface area (Å²) >= 11 is 8.13. The molecule has 2 rings (SSSR count). The van der Waals surface area contributed by atoms with Crippen LogP contribution in [0.15, 0.2) is 18.2 Å². The minimum atomic E-state index is 0.0177. The number of nitrogen functional groups attached to an aromatic ring is 1. The Morgan fingerprint density at radius 3 is 2.94 bits per heavy atom. The smallest absolute Gasteiger partial charge is 0.124 e. The van der Waals surface area contributed by atoms with Crippen LogP contribution in [0.4, 0.5) is 5.69 Å². The van der Waals surface area contributed by atoms with Gasteiger partial charge in [-0.3, -0.25) is 5.41 Å². The first-order valence-corrected chi connectivity index (χ1v) is 7.01. The van der Waals surface area contributed by atoms with Crippen LogP contribution in [0.2, 0.25) is 5.02 Å². The number of thioether (sulfide) groups is 1. The molecule has 1 aromatic carbocycles. The van der Waals surface area contributed by atoms with Crippen molar-refractivity contribution >= 4 is 34.9 Å². The first-order chi connectivity index (χ1) is 8.08. The number of amidine groups is 1. The van der Waals surface area contributed by atoms with Gasteiger partial charge < -0.3 is 10.6 Å². The fourth-order valence-electron chi connectivity index (χ4n) is 1.97. The summed E-state index contributed by atoms with van der Waals surface area (Å²) in [5, 5.41) is 8.60. The van der Waals surface area contributed by atoms with Crippen LogP contribution in [0, 0.1) is 5.41 Å². The van der Waals surface area contributed by atoms with E-state index in [0.717, 1.165) is 24.5 Å². The van der Waals surface area contributed by atoms with Gasteiger partial charge in [0.2, 0.25) is 0 Å². The van der Waals surface area contributed by atoms with E-state index in [4.69, 9.17) is 22.7 Å². The molecule has 1 unspecified atom stereocenters. The number of hydrogen-bond acceptors (Lipinski definition) is 3. The normalized spacial score (nSPS) is 20.4. The summed E-state index contributed by atoms with van der Waals surface area (Å²) in [5.41, 5.74) is 7.17. The molecule has 1 heterocycles. The molecule has 92 valence electrons. The van der Waals surface area contributed by atoms with Crippen molar-refractivity contribution in [2.45, 2.75) is 12.2 Å². The third-order valence-corrected chi connectivity index (χ3v) is 4.30. The van der Waals surface area contributed by atoms with E-state index >= 15 is 0 Å². The van der Waals surface area contributed by atoms with Crippen molar-refractivity contribution in [1.29, 1.82) is 5.41 Å². The molecular formula is C12H16ClN3S. The lowest BCUT2D eigenvalue weighted by Crippen LogP contribution is -2.36. The quantitative estimate of drug-likeness (QED) is 0.641. The van der Waals surface area contributed by atoms with Crippen molar-refractivity contribution in [3.63, 3.8) is 0 Å². The zero-order valence-corrected chi connectivity index (χ0v) is 11.3. The number of rotatable bonds is 2. The number of nitrogens with one attached hydrogen (secondary N) is 1. The van der Waals surface area contributed by atoms with Gasteiger partial charge in [0.25, 0.3) is 0 Å². The molecule has 3 nitrogen and oxygen atoms in total. The Morgan fingerprint density at radius 1 is 1.59 bits per heavy atom. The molecule has 1 aromatic rings. The molecule has 3 N–H and O–H groups in total. The van der Waals surface area contributed by atoms with Gasteiger partial charge in [-0.25, -0.2) is 0 Å². The third-order valence-electron chi connectivity index (χ3n) is 2.85. The summed E-state index contributed by atoms with van der Waals surface area (Å²) < 4.78 is 0. The zero-order valence-electron chi connectivity index (χ0n) is 9.74. The van der Waals surface area contributed by atoms with E-state index < -0.39 is 0 Å². The van der Waals surface area contributed by atoms with Gasteiger partial charge in [-0.05, 0) is 18.2 Å². The maximum atomic E-state index is 7.40. The molecule has 0 bridgehead atoms. The lowest BCUT2D eigenvalue weighted by molar-refractivity contribution is 0.783. The van der Waals surface area contributed by atoms with Gasteiger partial charge in [-0.2, -0.15) is 11.8 Å². The summed E-state index contributed by atoms with van der Waals surface area (Å²) in [6.45, 7) is 4.33. The van der Waals surface area contributed by atoms with Crippen molar-refractivity contribution in [2.24, 2.45) is 5.73 Å².